The Morgan fingerprint density at radius 1 is 1.47 bits per heavy atom. The average Bonchev–Trinajstić information content (AvgIpc) is 2.83. The molecule has 1 aromatic rings. The quantitative estimate of drug-likeness (QED) is 0.869. The lowest BCUT2D eigenvalue weighted by Crippen LogP contribution is -2.50. The summed E-state index contributed by atoms with van der Waals surface area (Å²) in [4.78, 5) is 3.80. The van der Waals surface area contributed by atoms with Crippen molar-refractivity contribution in [3.8, 4) is 0 Å². The number of hydrogen-bond donors (Lipinski definition) is 1. The Balaban J connectivity index is 1.89. The Morgan fingerprint density at radius 2 is 2.24 bits per heavy atom. The number of rotatable bonds is 5. The van der Waals surface area contributed by atoms with Crippen molar-refractivity contribution in [2.24, 2.45) is 0 Å². The van der Waals surface area contributed by atoms with E-state index >= 15 is 0 Å². The van der Waals surface area contributed by atoms with Gasteiger partial charge in [0.15, 0.2) is 0 Å². The highest BCUT2D eigenvalue weighted by atomic mass is 32.1. The molecule has 17 heavy (non-hydrogen) atoms. The van der Waals surface area contributed by atoms with Crippen LogP contribution in [0.1, 0.15) is 17.7 Å². The van der Waals surface area contributed by atoms with E-state index in [0.717, 1.165) is 39.0 Å². The summed E-state index contributed by atoms with van der Waals surface area (Å²) >= 11 is 1.82. The first-order chi connectivity index (χ1) is 8.24. The van der Waals surface area contributed by atoms with Crippen LogP contribution in [-0.4, -0.2) is 44.3 Å². The molecule has 0 saturated carbocycles. The lowest BCUT2D eigenvalue weighted by molar-refractivity contribution is -0.0541. The van der Waals surface area contributed by atoms with Crippen molar-refractivity contribution in [2.75, 3.05) is 33.8 Å². The summed E-state index contributed by atoms with van der Waals surface area (Å²) in [6, 6.07) is 4.31. The standard InChI is InChI=1S/C13H22N2OS/c1-15(10-12-4-3-9-17-12)11-13(16-2)5-7-14-8-6-13/h3-4,9,14H,5-8,10-11H2,1-2H3. The van der Waals surface area contributed by atoms with Crippen LogP contribution in [0.3, 0.4) is 0 Å². The van der Waals surface area contributed by atoms with Crippen molar-refractivity contribution in [1.29, 1.82) is 0 Å². The van der Waals surface area contributed by atoms with Gasteiger partial charge in [0.2, 0.25) is 0 Å². The molecule has 1 aromatic heterocycles. The van der Waals surface area contributed by atoms with E-state index in [1.165, 1.54) is 4.88 Å². The molecule has 0 amide bonds. The highest BCUT2D eigenvalue weighted by Crippen LogP contribution is 2.24. The van der Waals surface area contributed by atoms with Crippen molar-refractivity contribution in [2.45, 2.75) is 25.0 Å². The van der Waals surface area contributed by atoms with Crippen molar-refractivity contribution in [1.82, 2.24) is 10.2 Å². The number of hydrogen-bond acceptors (Lipinski definition) is 4. The molecule has 1 aliphatic rings. The fourth-order valence-corrected chi connectivity index (χ4v) is 3.31. The molecule has 2 heterocycles. The average molecular weight is 254 g/mol. The molecule has 1 fully saturated rings. The number of ether oxygens (including phenoxy) is 1. The van der Waals surface area contributed by atoms with E-state index in [9.17, 15) is 0 Å². The van der Waals surface area contributed by atoms with E-state index in [1.54, 1.807) is 0 Å². The number of methoxy groups -OCH3 is 1. The van der Waals surface area contributed by atoms with Gasteiger partial charge in [-0.15, -0.1) is 11.3 Å². The maximum Gasteiger partial charge on any atom is 0.0829 e. The van der Waals surface area contributed by atoms with Crippen molar-refractivity contribution in [3.63, 3.8) is 0 Å². The zero-order valence-corrected chi connectivity index (χ0v) is 11.6. The number of nitrogens with one attached hydrogen (secondary N) is 1. The summed E-state index contributed by atoms with van der Waals surface area (Å²) in [5.74, 6) is 0. The predicted octanol–water partition coefficient (Wildman–Crippen LogP) is 1.95. The molecule has 1 saturated heterocycles. The highest BCUT2D eigenvalue weighted by Gasteiger charge is 2.32. The minimum atomic E-state index is 0.0528. The normalized spacial score (nSPS) is 19.7. The number of piperidine rings is 1. The van der Waals surface area contributed by atoms with Gasteiger partial charge in [0.05, 0.1) is 5.60 Å². The summed E-state index contributed by atoms with van der Waals surface area (Å²) < 4.78 is 5.79. The third-order valence-corrected chi connectivity index (χ3v) is 4.37. The van der Waals surface area contributed by atoms with Crippen LogP contribution in [0, 0.1) is 0 Å². The smallest absolute Gasteiger partial charge is 0.0829 e. The largest absolute Gasteiger partial charge is 0.377 e. The molecule has 0 spiro atoms. The lowest BCUT2D eigenvalue weighted by atomic mass is 9.91. The summed E-state index contributed by atoms with van der Waals surface area (Å²) in [6.45, 7) is 4.18. The summed E-state index contributed by atoms with van der Waals surface area (Å²) in [7, 11) is 4.03. The first kappa shape index (κ1) is 13.0. The van der Waals surface area contributed by atoms with Crippen LogP contribution < -0.4 is 5.32 Å². The van der Waals surface area contributed by atoms with Crippen LogP contribution >= 0.6 is 11.3 Å². The topological polar surface area (TPSA) is 24.5 Å². The van der Waals surface area contributed by atoms with Crippen molar-refractivity contribution < 1.29 is 4.74 Å². The van der Waals surface area contributed by atoms with Gasteiger partial charge in [-0.3, -0.25) is 4.90 Å². The first-order valence-corrected chi connectivity index (χ1v) is 7.09. The molecule has 0 atom stereocenters. The van der Waals surface area contributed by atoms with Crippen LogP contribution in [-0.2, 0) is 11.3 Å². The monoisotopic (exact) mass is 254 g/mol. The SMILES string of the molecule is COC1(CN(C)Cc2cccs2)CCNCC1. The van der Waals surface area contributed by atoms with Gasteiger partial charge in [-0.25, -0.2) is 0 Å². The zero-order valence-electron chi connectivity index (χ0n) is 10.7. The van der Waals surface area contributed by atoms with Crippen molar-refractivity contribution in [3.05, 3.63) is 22.4 Å². The number of likely N-dealkylation sites (N-methyl/N-ethyl adjacent to an activating group) is 1. The predicted molar refractivity (Wildman–Crippen MR) is 72.5 cm³/mol. The van der Waals surface area contributed by atoms with E-state index in [2.05, 4.69) is 34.8 Å². The van der Waals surface area contributed by atoms with Gasteiger partial charge in [-0.05, 0) is 44.4 Å². The highest BCUT2D eigenvalue weighted by molar-refractivity contribution is 7.09. The molecule has 96 valence electrons. The second-order valence-electron chi connectivity index (χ2n) is 4.89. The molecule has 0 unspecified atom stereocenters. The van der Waals surface area contributed by atoms with Crippen LogP contribution in [0.15, 0.2) is 17.5 Å². The molecule has 0 aromatic carbocycles. The van der Waals surface area contributed by atoms with Gasteiger partial charge in [0.1, 0.15) is 0 Å². The zero-order chi connectivity index (χ0) is 12.1. The molecular weight excluding hydrogens is 232 g/mol. The molecule has 0 radical (unpaired) electrons. The Bertz CT molecular complexity index is 320. The summed E-state index contributed by atoms with van der Waals surface area (Å²) in [6.07, 6.45) is 2.22. The molecule has 0 bridgehead atoms. The third kappa shape index (κ3) is 3.52. The second-order valence-corrected chi connectivity index (χ2v) is 5.92. The summed E-state index contributed by atoms with van der Waals surface area (Å²) in [5.41, 5.74) is 0.0528. The van der Waals surface area contributed by atoms with E-state index in [1.807, 2.05) is 18.4 Å². The Hall–Kier alpha value is -0.420. The van der Waals surface area contributed by atoms with E-state index < -0.39 is 0 Å². The Morgan fingerprint density at radius 3 is 2.82 bits per heavy atom. The number of nitrogens with zero attached hydrogens (tertiary/aromatic N) is 1. The Labute approximate surface area is 108 Å². The fraction of sp³-hybridized carbons (Fsp3) is 0.692. The van der Waals surface area contributed by atoms with Crippen LogP contribution in [0.2, 0.25) is 0 Å². The number of thiophene rings is 1. The van der Waals surface area contributed by atoms with Gasteiger partial charge in [0, 0.05) is 25.1 Å². The maximum absolute atomic E-state index is 5.79. The molecule has 1 N–H and O–H groups in total. The molecule has 1 aliphatic heterocycles. The van der Waals surface area contributed by atoms with E-state index in [0.29, 0.717) is 0 Å². The van der Waals surface area contributed by atoms with Crippen LogP contribution in [0.5, 0.6) is 0 Å². The lowest BCUT2D eigenvalue weighted by Gasteiger charge is -2.39. The molecule has 0 aliphatic carbocycles. The first-order valence-electron chi connectivity index (χ1n) is 6.21. The Kier molecular flexibility index (Phi) is 4.56. The van der Waals surface area contributed by atoms with Gasteiger partial charge in [-0.1, -0.05) is 6.07 Å². The molecule has 4 heteroatoms. The third-order valence-electron chi connectivity index (χ3n) is 3.51. The molecular formula is C13H22N2OS. The minimum Gasteiger partial charge on any atom is -0.377 e. The van der Waals surface area contributed by atoms with Gasteiger partial charge in [0.25, 0.3) is 0 Å². The maximum atomic E-state index is 5.79. The molecule has 3 nitrogen and oxygen atoms in total. The minimum absolute atomic E-state index is 0.0528. The van der Waals surface area contributed by atoms with Crippen LogP contribution in [0.25, 0.3) is 0 Å². The fourth-order valence-electron chi connectivity index (χ4n) is 2.53. The van der Waals surface area contributed by atoms with E-state index in [4.69, 9.17) is 4.74 Å². The van der Waals surface area contributed by atoms with E-state index in [-0.39, 0.29) is 5.60 Å². The van der Waals surface area contributed by atoms with Gasteiger partial charge >= 0.3 is 0 Å². The van der Waals surface area contributed by atoms with Gasteiger partial charge in [-0.2, -0.15) is 0 Å². The second kappa shape index (κ2) is 5.96. The van der Waals surface area contributed by atoms with Crippen LogP contribution in [0.4, 0.5) is 0 Å². The molecule has 2 rings (SSSR count). The van der Waals surface area contributed by atoms with Gasteiger partial charge < -0.3 is 10.1 Å². The van der Waals surface area contributed by atoms with Crippen molar-refractivity contribution >= 4 is 11.3 Å². The summed E-state index contributed by atoms with van der Waals surface area (Å²) in [5, 5.41) is 5.53.